The van der Waals surface area contributed by atoms with Crippen LogP contribution in [0.1, 0.15) is 276 Å². The van der Waals surface area contributed by atoms with Gasteiger partial charge in [-0.2, -0.15) is 38.5 Å². The summed E-state index contributed by atoms with van der Waals surface area (Å²) in [5.41, 5.74) is 10.2. The van der Waals surface area contributed by atoms with E-state index in [1.165, 1.54) is 7.11 Å². The number of carbonyl (C=O) groups is 8. The number of rotatable bonds is 28. The highest BCUT2D eigenvalue weighted by Crippen LogP contribution is 2.41. The number of sulfonamides is 1. The third-order valence-corrected chi connectivity index (χ3v) is 29.7. The lowest BCUT2D eigenvalue weighted by molar-refractivity contribution is -0.156. The zero-order chi connectivity index (χ0) is 101. The largest absolute Gasteiger partial charge is 0.460 e. The van der Waals surface area contributed by atoms with E-state index in [0.717, 1.165) is 235 Å². The van der Waals surface area contributed by atoms with Gasteiger partial charge in [0.05, 0.1) is 50.0 Å². The lowest BCUT2D eigenvalue weighted by Gasteiger charge is -2.30. The summed E-state index contributed by atoms with van der Waals surface area (Å²) >= 11 is 0. The normalized spacial score (nSPS) is 24.1. The molecule has 8 aromatic heterocycles. The Morgan fingerprint density at radius 1 is 0.431 bits per heavy atom. The van der Waals surface area contributed by atoms with Crippen LogP contribution in [0.15, 0.2) is 120 Å². The Kier molecular flexibility index (Phi) is 29.7. The number of amides is 7. The van der Waals surface area contributed by atoms with Gasteiger partial charge in [-0.15, -0.1) is 0 Å². The fourth-order valence-electron chi connectivity index (χ4n) is 19.4. The Bertz CT molecular complexity index is 6400. The van der Waals surface area contributed by atoms with Crippen LogP contribution >= 0.6 is 0 Å². The summed E-state index contributed by atoms with van der Waals surface area (Å²) in [5.74, 6) is 6.07. The van der Waals surface area contributed by atoms with E-state index in [9.17, 15) is 46.8 Å². The first-order valence-corrected chi connectivity index (χ1v) is 52.6. The van der Waals surface area contributed by atoms with Gasteiger partial charge >= 0.3 is 18.2 Å². The number of nitrogens with zero attached hydrogens (tertiary/aromatic N) is 13. The van der Waals surface area contributed by atoms with Crippen LogP contribution in [0.4, 0.5) is 56.1 Å². The van der Waals surface area contributed by atoms with E-state index in [1.807, 2.05) is 100.0 Å². The van der Waals surface area contributed by atoms with Crippen LogP contribution in [0.2, 0.25) is 0 Å². The molecule has 12 heterocycles. The molecule has 9 aliphatic carbocycles. The number of alkyl carbamates (subject to hydrolysis) is 1. The van der Waals surface area contributed by atoms with E-state index in [1.54, 1.807) is 44.8 Å². The highest BCUT2D eigenvalue weighted by atomic mass is 32.2. The molecule has 9 saturated carbocycles. The maximum Gasteiger partial charge on any atom is 0.416 e. The molecule has 13 fully saturated rings. The minimum absolute atomic E-state index is 0.00605. The molecule has 8 aromatic rings. The number of hydrogen-bond acceptors (Lipinski definition) is 28. The number of anilines is 8. The first-order valence-electron chi connectivity index (χ1n) is 51.0. The van der Waals surface area contributed by atoms with Crippen molar-refractivity contribution in [3.8, 4) is 0 Å². The number of hydrogen-bond donors (Lipinski definition) is 14. The number of ether oxygens (including phenoxy) is 3. The van der Waals surface area contributed by atoms with Gasteiger partial charge in [-0.3, -0.25) is 33.7 Å². The second-order valence-electron chi connectivity index (χ2n) is 42.5. The molecule has 21 rings (SSSR count). The molecule has 40 nitrogen and oxygen atoms in total. The van der Waals surface area contributed by atoms with Crippen LogP contribution in [-0.4, -0.2) is 205 Å². The highest BCUT2D eigenvalue weighted by Gasteiger charge is 2.42. The summed E-state index contributed by atoms with van der Waals surface area (Å²) in [7, 11) is -1.77. The molecule has 7 amide bonds. The first-order chi connectivity index (χ1) is 68.9. The Morgan fingerprint density at radius 3 is 1.12 bits per heavy atom. The van der Waals surface area contributed by atoms with Crippen molar-refractivity contribution in [2.45, 2.75) is 337 Å². The van der Waals surface area contributed by atoms with E-state index in [0.29, 0.717) is 131 Å². The van der Waals surface area contributed by atoms with Gasteiger partial charge in [0.1, 0.15) is 57.7 Å². The standard InChI is InChI=1S/C32H44N6O5.C24H31N7O3S.C24H31N7O2.C23H29N7O3/c1-19-14-21(29(40)34-19)16-22-18-33-38-26(37(24-12-13-24)30(41)43-32(5,6)7)17-25(36-28(22)38)35-23-10-8-20(9-11-23)15-27(39)42-31(2,3)4;1-14-15(11-23(32)26-14)10-16-13-25-31-22(28-18-2-3-18)12-21(29-24(16)31)27-17-4-6-19(7-5-17)30-35(33,34)20-8-9-20;1-3-22(32)29-19-8-4-17(5-9-19)27-20-12-21(28-18-6-7-18)31-24(30-20)16(13-25-31)10-15-11-23(33)26-14(15)2;1-13-9-14(22(31)25-13)10-15-12-24-30-20(27-17-5-6-17)11-19(29-21(15)30)26-16-3-7-18(8-4-16)28-23(32)33-2/h16-18,20,23-24H,1,8-15H2,2-7H3,(H,34,40)(H,35,36);10,12-13,17-20,28,30H,1-9,11H2,(H,26,32)(H,27,29);10,12-13,17-19,28H,2-9,11H2,1H3,(H,26,33)(H,27,30)(H,29,32);10-12,16-18,27H,1,3-9H2,2H3,(H,25,31)(H,26,29)(H,28,32)/b21-16+;2*15-10+;14-10+. The van der Waals surface area contributed by atoms with Crippen LogP contribution in [0.5, 0.6) is 0 Å². The molecule has 13 aliphatic rings. The van der Waals surface area contributed by atoms with Crippen molar-refractivity contribution in [2.24, 2.45) is 5.92 Å². The topological polar surface area (TPSA) is 491 Å². The second-order valence-corrected chi connectivity index (χ2v) is 44.5. The zero-order valence-electron chi connectivity index (χ0n) is 83.4. The van der Waals surface area contributed by atoms with Gasteiger partial charge in [0.2, 0.25) is 27.7 Å². The van der Waals surface area contributed by atoms with E-state index in [2.05, 4.69) is 121 Å². The first kappa shape index (κ1) is 100. The monoisotopic (exact) mass is 1990 g/mol. The summed E-state index contributed by atoms with van der Waals surface area (Å²) in [6.45, 7) is 28.7. The van der Waals surface area contributed by atoms with Gasteiger partial charge in [-0.1, -0.05) is 33.2 Å². The summed E-state index contributed by atoms with van der Waals surface area (Å²) < 4.78 is 50.6. The number of nitrogens with one attached hydrogen (secondary N) is 14. The van der Waals surface area contributed by atoms with Crippen molar-refractivity contribution in [1.82, 2.24) is 95.0 Å². The average Bonchev–Trinajstić information content (AvgIpc) is 1.62. The van der Waals surface area contributed by atoms with Gasteiger partial charge in [0, 0.05) is 173 Å². The number of esters is 1. The molecule has 766 valence electrons. The van der Waals surface area contributed by atoms with E-state index in [4.69, 9.17) is 34.1 Å². The number of fused-ring (bicyclic) bond motifs is 4. The predicted octanol–water partition coefficient (Wildman–Crippen LogP) is 14.0. The van der Waals surface area contributed by atoms with Crippen molar-refractivity contribution in [3.05, 3.63) is 143 Å². The van der Waals surface area contributed by atoms with Crippen LogP contribution in [-0.2, 0) is 53.0 Å². The fourth-order valence-corrected chi connectivity index (χ4v) is 21.1. The molecule has 0 atom stereocenters. The highest BCUT2D eigenvalue weighted by molar-refractivity contribution is 7.90. The molecular weight excluding hydrogens is 1860 g/mol. The fraction of sp³-hybridized carbons (Fsp3) is 0.534. The van der Waals surface area contributed by atoms with Crippen molar-refractivity contribution < 1.29 is 61.0 Å². The maximum atomic E-state index is 13.5. The lowest BCUT2D eigenvalue weighted by atomic mass is 9.84. The molecule has 0 bridgehead atoms. The molecule has 0 spiro atoms. The Labute approximate surface area is 837 Å². The van der Waals surface area contributed by atoms with Crippen LogP contribution < -0.4 is 78.7 Å². The van der Waals surface area contributed by atoms with Gasteiger partial charge in [-0.25, -0.2) is 42.7 Å². The van der Waals surface area contributed by atoms with E-state index >= 15 is 0 Å². The molecule has 0 unspecified atom stereocenters. The number of aromatic nitrogens is 12. The molecule has 4 saturated heterocycles. The number of allylic oxidation sites excluding steroid dienone is 4. The summed E-state index contributed by atoms with van der Waals surface area (Å²) in [4.78, 5) is 118. The summed E-state index contributed by atoms with van der Waals surface area (Å²) in [6, 6.07) is 10.6. The quantitative estimate of drug-likeness (QED) is 0.0123. The number of methoxy groups -OCH3 is 1. The van der Waals surface area contributed by atoms with Crippen molar-refractivity contribution in [2.75, 3.05) is 49.2 Å². The minimum atomic E-state index is -3.15. The molecule has 0 radical (unpaired) electrons. The van der Waals surface area contributed by atoms with Gasteiger partial charge in [0.25, 0.3) is 11.8 Å². The molecule has 144 heavy (non-hydrogen) atoms. The maximum absolute atomic E-state index is 13.5. The second kappa shape index (κ2) is 42.7. The Balaban J connectivity index is 0.000000127. The summed E-state index contributed by atoms with van der Waals surface area (Å²) in [6.07, 6.45) is 40.8. The average molecular weight is 1990 g/mol. The minimum Gasteiger partial charge on any atom is -0.460 e. The number of carbonyl (C=O) groups excluding carboxylic acids is 8. The molecule has 4 aliphatic heterocycles. The third kappa shape index (κ3) is 26.1. The van der Waals surface area contributed by atoms with Gasteiger partial charge < -0.3 is 83.3 Å². The van der Waals surface area contributed by atoms with E-state index in [-0.39, 0.29) is 95.1 Å². The van der Waals surface area contributed by atoms with Crippen molar-refractivity contribution in [1.29, 1.82) is 0 Å². The molecule has 14 N–H and O–H groups in total. The Hall–Kier alpha value is -13.7. The summed E-state index contributed by atoms with van der Waals surface area (Å²) in [5, 5.41) is 60.1. The van der Waals surface area contributed by atoms with Crippen LogP contribution in [0, 0.1) is 5.92 Å². The SMILES string of the molecule is C=C1C/C(=C\c2cnn3c(N(C(=O)OC(C)(C)C)C4CC4)cc(NC4CCC(CC(=O)OC(C)(C)C)CC4)nc23)C(=O)N1.C=C1C/C(=C\c2cnn3c(NC4CC4)cc(NC4CCC(NC(=O)OC)CC4)nc23)C(=O)N1.C=C1NC(=O)C/C1=C\c1cnn2c(NC3CC3)cc(NC3CCC(NC(=O)CC)CC3)nc12.C=C1NC(=O)C/C1=C\c1cnn2c(NC3CC3)cc(NC3CCC(NS(=O)(=O)C4CC4)CC3)nc12. The Morgan fingerprint density at radius 2 is 0.778 bits per heavy atom. The predicted molar refractivity (Wildman–Crippen MR) is 551 cm³/mol. The zero-order valence-corrected chi connectivity index (χ0v) is 84.2. The van der Waals surface area contributed by atoms with Crippen LogP contribution in [0.3, 0.4) is 0 Å². The van der Waals surface area contributed by atoms with Crippen molar-refractivity contribution >= 4 is 151 Å². The molecule has 41 heteroatoms. The van der Waals surface area contributed by atoms with Crippen molar-refractivity contribution in [3.63, 3.8) is 0 Å². The smallest absolute Gasteiger partial charge is 0.416 e. The van der Waals surface area contributed by atoms with Gasteiger partial charge in [-0.05, 0) is 250 Å². The molecular formula is C103H135N27O13S. The third-order valence-electron chi connectivity index (χ3n) is 27.7. The van der Waals surface area contributed by atoms with E-state index < -0.39 is 27.3 Å². The lowest BCUT2D eigenvalue weighted by Crippen LogP contribution is -2.41. The van der Waals surface area contributed by atoms with Crippen LogP contribution in [0.25, 0.3) is 46.9 Å². The van der Waals surface area contributed by atoms with Gasteiger partial charge in [0.15, 0.2) is 22.6 Å². The molecule has 0 aromatic carbocycles.